The van der Waals surface area contributed by atoms with E-state index in [9.17, 15) is 9.59 Å². The van der Waals surface area contributed by atoms with Crippen molar-refractivity contribution in [3.8, 4) is 11.5 Å². The van der Waals surface area contributed by atoms with Crippen LogP contribution in [0.1, 0.15) is 5.56 Å². The number of nitrogens with one attached hydrogen (secondary N) is 1. The van der Waals surface area contributed by atoms with Crippen molar-refractivity contribution in [3.05, 3.63) is 84.9 Å². The molecule has 0 saturated carbocycles. The van der Waals surface area contributed by atoms with Gasteiger partial charge in [-0.2, -0.15) is 0 Å². The minimum absolute atomic E-state index is 0.162. The molecule has 0 bridgehead atoms. The number of amides is 1. The maximum atomic E-state index is 12.2. The van der Waals surface area contributed by atoms with Gasteiger partial charge in [-0.3, -0.25) is 0 Å². The summed E-state index contributed by atoms with van der Waals surface area (Å²) in [5.74, 6) is 0.746. The third-order valence-electron chi connectivity index (χ3n) is 5.04. The second kappa shape index (κ2) is 15.2. The lowest BCUT2D eigenvalue weighted by molar-refractivity contribution is -0.139. The van der Waals surface area contributed by atoms with Crippen molar-refractivity contribution in [1.82, 2.24) is 5.32 Å². The second-order valence-corrected chi connectivity index (χ2v) is 7.64. The molecule has 0 atom stereocenters. The Hall–Kier alpha value is -3.88. The maximum absolute atomic E-state index is 12.2. The average Bonchev–Trinajstić information content (AvgIpc) is 2.90. The summed E-state index contributed by atoms with van der Waals surface area (Å²) >= 11 is 0. The van der Waals surface area contributed by atoms with E-state index in [1.807, 2.05) is 48.5 Å². The lowest BCUT2D eigenvalue weighted by Gasteiger charge is -2.11. The molecule has 0 heterocycles. The lowest BCUT2D eigenvalue weighted by atomic mass is 10.1. The molecule has 3 aromatic rings. The predicted molar refractivity (Wildman–Crippen MR) is 136 cm³/mol. The number of ether oxygens (including phenoxy) is 5. The van der Waals surface area contributed by atoms with E-state index in [0.29, 0.717) is 38.7 Å². The number of carbonyl (C=O) groups is 2. The SMILES string of the molecule is C=CC(=O)OCCOCCOCCNC(=O)Oc1cccc2cc(OCCc3ccccc3)ccc12. The molecule has 0 aliphatic heterocycles. The summed E-state index contributed by atoms with van der Waals surface area (Å²) < 4.78 is 26.8. The summed E-state index contributed by atoms with van der Waals surface area (Å²) in [4.78, 5) is 23.1. The topological polar surface area (TPSA) is 92.3 Å². The highest BCUT2D eigenvalue weighted by molar-refractivity contribution is 5.91. The smallest absolute Gasteiger partial charge is 0.412 e. The van der Waals surface area contributed by atoms with Crippen molar-refractivity contribution >= 4 is 22.8 Å². The second-order valence-electron chi connectivity index (χ2n) is 7.64. The summed E-state index contributed by atoms with van der Waals surface area (Å²) in [6.45, 7) is 5.63. The molecule has 0 saturated heterocycles. The summed E-state index contributed by atoms with van der Waals surface area (Å²) in [6, 6.07) is 21.4. The van der Waals surface area contributed by atoms with Crippen molar-refractivity contribution < 1.29 is 33.3 Å². The van der Waals surface area contributed by atoms with Crippen LogP contribution in [-0.2, 0) is 25.4 Å². The number of hydrogen-bond donors (Lipinski definition) is 1. The molecule has 0 aliphatic rings. The van der Waals surface area contributed by atoms with Gasteiger partial charge in [-0.1, -0.05) is 49.0 Å². The third kappa shape index (κ3) is 9.40. The number of hydrogen-bond acceptors (Lipinski definition) is 7. The Morgan fingerprint density at radius 2 is 1.61 bits per heavy atom. The van der Waals surface area contributed by atoms with Gasteiger partial charge in [0.1, 0.15) is 18.1 Å². The number of rotatable bonds is 15. The first-order chi connectivity index (χ1) is 17.7. The highest BCUT2D eigenvalue weighted by Gasteiger charge is 2.09. The Bertz CT molecular complexity index is 1120. The molecule has 8 heteroatoms. The molecule has 0 radical (unpaired) electrons. The van der Waals surface area contributed by atoms with Gasteiger partial charge in [-0.15, -0.1) is 0 Å². The van der Waals surface area contributed by atoms with Crippen LogP contribution in [-0.4, -0.2) is 58.2 Å². The van der Waals surface area contributed by atoms with E-state index in [2.05, 4.69) is 24.0 Å². The number of esters is 1. The van der Waals surface area contributed by atoms with E-state index >= 15 is 0 Å². The molecule has 8 nitrogen and oxygen atoms in total. The summed E-state index contributed by atoms with van der Waals surface area (Å²) in [7, 11) is 0. The van der Waals surface area contributed by atoms with Gasteiger partial charge in [-0.25, -0.2) is 9.59 Å². The number of benzene rings is 3. The molecule has 0 fully saturated rings. The van der Waals surface area contributed by atoms with Gasteiger partial charge >= 0.3 is 12.1 Å². The van der Waals surface area contributed by atoms with Crippen molar-refractivity contribution in [3.63, 3.8) is 0 Å². The fourth-order valence-corrected chi connectivity index (χ4v) is 3.29. The van der Waals surface area contributed by atoms with E-state index in [1.165, 1.54) is 5.56 Å². The molecule has 0 aliphatic carbocycles. The Labute approximate surface area is 210 Å². The van der Waals surface area contributed by atoms with Gasteiger partial charge in [0.05, 0.1) is 33.0 Å². The van der Waals surface area contributed by atoms with Crippen molar-refractivity contribution in [2.75, 3.05) is 46.2 Å². The molecule has 190 valence electrons. The number of fused-ring (bicyclic) bond motifs is 1. The summed E-state index contributed by atoms with van der Waals surface area (Å²) in [5, 5.41) is 4.39. The van der Waals surface area contributed by atoms with Gasteiger partial charge < -0.3 is 29.0 Å². The van der Waals surface area contributed by atoms with Crippen LogP contribution in [0.2, 0.25) is 0 Å². The highest BCUT2D eigenvalue weighted by Crippen LogP contribution is 2.29. The van der Waals surface area contributed by atoms with Gasteiger partial charge in [0.25, 0.3) is 0 Å². The average molecular weight is 494 g/mol. The third-order valence-corrected chi connectivity index (χ3v) is 5.04. The predicted octanol–water partition coefficient (Wildman–Crippen LogP) is 4.31. The molecule has 3 rings (SSSR count). The highest BCUT2D eigenvalue weighted by atomic mass is 16.6. The molecule has 0 spiro atoms. The largest absolute Gasteiger partial charge is 0.493 e. The number of carbonyl (C=O) groups excluding carboxylic acids is 2. The lowest BCUT2D eigenvalue weighted by Crippen LogP contribution is -2.30. The van der Waals surface area contributed by atoms with Crippen LogP contribution in [0.15, 0.2) is 79.4 Å². The normalized spacial score (nSPS) is 10.6. The molecule has 0 aromatic heterocycles. The van der Waals surface area contributed by atoms with Gasteiger partial charge in [0.15, 0.2) is 0 Å². The van der Waals surface area contributed by atoms with Crippen LogP contribution in [0, 0.1) is 0 Å². The summed E-state index contributed by atoms with van der Waals surface area (Å²) in [6.07, 6.45) is 1.36. The first kappa shape index (κ1) is 26.7. The van der Waals surface area contributed by atoms with Crippen LogP contribution in [0.25, 0.3) is 10.8 Å². The molecule has 36 heavy (non-hydrogen) atoms. The Morgan fingerprint density at radius 3 is 2.42 bits per heavy atom. The quantitative estimate of drug-likeness (QED) is 0.192. The van der Waals surface area contributed by atoms with Crippen LogP contribution in [0.5, 0.6) is 11.5 Å². The first-order valence-electron chi connectivity index (χ1n) is 11.8. The zero-order valence-corrected chi connectivity index (χ0v) is 20.1. The van der Waals surface area contributed by atoms with Crippen LogP contribution < -0.4 is 14.8 Å². The molecule has 1 N–H and O–H groups in total. The van der Waals surface area contributed by atoms with E-state index < -0.39 is 12.1 Å². The first-order valence-corrected chi connectivity index (χ1v) is 11.8. The molecule has 0 unspecified atom stereocenters. The Kier molecular flexibility index (Phi) is 11.3. The van der Waals surface area contributed by atoms with E-state index in [1.54, 1.807) is 6.07 Å². The van der Waals surface area contributed by atoms with E-state index in [0.717, 1.165) is 29.0 Å². The fourth-order valence-electron chi connectivity index (χ4n) is 3.29. The van der Waals surface area contributed by atoms with Crippen LogP contribution in [0.3, 0.4) is 0 Å². The Balaban J connectivity index is 1.34. The van der Waals surface area contributed by atoms with Gasteiger partial charge in [0, 0.05) is 24.4 Å². The fraction of sp³-hybridized carbons (Fsp3) is 0.286. The van der Waals surface area contributed by atoms with Crippen LogP contribution >= 0.6 is 0 Å². The standard InChI is InChI=1S/C28H31NO7/c1-2-27(30)35-20-19-33-18-17-32-16-14-29-28(31)36-26-10-6-9-23-21-24(11-12-25(23)26)34-15-13-22-7-4-3-5-8-22/h2-12,21H,1,13-20H2,(H,29,31). The van der Waals surface area contributed by atoms with E-state index in [4.69, 9.17) is 23.7 Å². The Morgan fingerprint density at radius 1 is 0.833 bits per heavy atom. The minimum atomic E-state index is -0.561. The zero-order valence-electron chi connectivity index (χ0n) is 20.1. The summed E-state index contributed by atoms with van der Waals surface area (Å²) in [5.41, 5.74) is 1.22. The van der Waals surface area contributed by atoms with Gasteiger partial charge in [0.2, 0.25) is 0 Å². The monoisotopic (exact) mass is 493 g/mol. The van der Waals surface area contributed by atoms with E-state index in [-0.39, 0.29) is 13.2 Å². The van der Waals surface area contributed by atoms with Crippen LogP contribution in [0.4, 0.5) is 4.79 Å². The molecular formula is C28H31NO7. The van der Waals surface area contributed by atoms with Crippen molar-refractivity contribution in [1.29, 1.82) is 0 Å². The van der Waals surface area contributed by atoms with Crippen molar-refractivity contribution in [2.24, 2.45) is 0 Å². The minimum Gasteiger partial charge on any atom is -0.493 e. The van der Waals surface area contributed by atoms with Gasteiger partial charge in [-0.05, 0) is 35.2 Å². The maximum Gasteiger partial charge on any atom is 0.412 e. The molecule has 1 amide bonds. The molecule has 3 aromatic carbocycles. The zero-order chi connectivity index (χ0) is 25.4. The van der Waals surface area contributed by atoms with Crippen molar-refractivity contribution in [2.45, 2.75) is 6.42 Å². The molecular weight excluding hydrogens is 462 g/mol.